The number of rotatable bonds is 3. The van der Waals surface area contributed by atoms with Crippen molar-refractivity contribution in [1.82, 2.24) is 0 Å². The maximum atomic E-state index is 10.8. The molecule has 53 valence electrons. The summed E-state index contributed by atoms with van der Waals surface area (Å²) in [5.41, 5.74) is -0.167. The molecule has 0 saturated heterocycles. The van der Waals surface area contributed by atoms with Gasteiger partial charge in [-0.05, 0) is 12.8 Å². The van der Waals surface area contributed by atoms with Crippen LogP contribution in [0.5, 0.6) is 0 Å². The first-order valence-electron chi connectivity index (χ1n) is 3.43. The minimum absolute atomic E-state index is 0.0625. The van der Waals surface area contributed by atoms with Crippen LogP contribution >= 0.6 is 0 Å². The highest BCUT2D eigenvalue weighted by atomic mass is 16.1. The highest BCUT2D eigenvalue weighted by Gasteiger charge is 2.24. The van der Waals surface area contributed by atoms with Gasteiger partial charge in [0.1, 0.15) is 5.78 Å². The molecule has 9 heavy (non-hydrogen) atoms. The van der Waals surface area contributed by atoms with E-state index in [0.29, 0.717) is 0 Å². The van der Waals surface area contributed by atoms with Crippen molar-refractivity contribution in [1.29, 1.82) is 0 Å². The zero-order valence-electron chi connectivity index (χ0n) is 6.53. The van der Waals surface area contributed by atoms with Crippen LogP contribution in [-0.4, -0.2) is 5.78 Å². The van der Waals surface area contributed by atoms with Crippen LogP contribution in [0.1, 0.15) is 33.6 Å². The van der Waals surface area contributed by atoms with Crippen LogP contribution in [0.15, 0.2) is 0 Å². The topological polar surface area (TPSA) is 17.1 Å². The van der Waals surface area contributed by atoms with Crippen molar-refractivity contribution >= 4 is 5.78 Å². The second-order valence-electron chi connectivity index (χ2n) is 2.69. The van der Waals surface area contributed by atoms with Gasteiger partial charge in [-0.2, -0.15) is 0 Å². The van der Waals surface area contributed by atoms with Crippen molar-refractivity contribution in [2.45, 2.75) is 33.6 Å². The summed E-state index contributed by atoms with van der Waals surface area (Å²) < 4.78 is 0. The zero-order chi connectivity index (χ0) is 7.49. The van der Waals surface area contributed by atoms with E-state index in [1.165, 1.54) is 0 Å². The summed E-state index contributed by atoms with van der Waals surface area (Å²) in [6.45, 7) is 9.41. The Morgan fingerprint density at radius 2 is 1.78 bits per heavy atom. The molecule has 0 saturated carbocycles. The molecule has 0 fully saturated rings. The first kappa shape index (κ1) is 8.67. The van der Waals surface area contributed by atoms with Crippen LogP contribution in [0.4, 0.5) is 0 Å². The quantitative estimate of drug-likeness (QED) is 0.568. The minimum Gasteiger partial charge on any atom is -0.299 e. The highest BCUT2D eigenvalue weighted by molar-refractivity contribution is 5.87. The largest absolute Gasteiger partial charge is 0.299 e. The Morgan fingerprint density at radius 3 is 1.78 bits per heavy atom. The predicted molar refractivity (Wildman–Crippen MR) is 39.1 cm³/mol. The molecule has 0 heterocycles. The van der Waals surface area contributed by atoms with E-state index in [0.717, 1.165) is 12.8 Å². The Hall–Kier alpha value is -0.330. The number of Topliss-reactive ketones (excluding diaryl/α,β-unsaturated/α-hetero) is 1. The molecule has 0 atom stereocenters. The average Bonchev–Trinajstić information content (AvgIpc) is 1.86. The van der Waals surface area contributed by atoms with E-state index in [1.54, 1.807) is 0 Å². The van der Waals surface area contributed by atoms with E-state index >= 15 is 0 Å². The van der Waals surface area contributed by atoms with Crippen LogP contribution < -0.4 is 0 Å². The lowest BCUT2D eigenvalue weighted by molar-refractivity contribution is -0.123. The zero-order valence-corrected chi connectivity index (χ0v) is 6.53. The molecule has 0 aromatic rings. The van der Waals surface area contributed by atoms with E-state index in [2.05, 4.69) is 6.92 Å². The molecule has 0 aromatic carbocycles. The molecular formula is C8H15O. The average molecular weight is 127 g/mol. The molecule has 0 amide bonds. The SMILES string of the molecule is [CH2]C(=O)C(C)(CC)CC. The lowest BCUT2D eigenvalue weighted by atomic mass is 9.81. The summed E-state index contributed by atoms with van der Waals surface area (Å²) >= 11 is 0. The second kappa shape index (κ2) is 3.00. The summed E-state index contributed by atoms with van der Waals surface area (Å²) in [5, 5.41) is 0. The Balaban J connectivity index is 4.09. The first-order chi connectivity index (χ1) is 4.06. The van der Waals surface area contributed by atoms with E-state index < -0.39 is 0 Å². The van der Waals surface area contributed by atoms with Gasteiger partial charge in [0.15, 0.2) is 0 Å². The van der Waals surface area contributed by atoms with Crippen LogP contribution in [-0.2, 0) is 4.79 Å². The summed E-state index contributed by atoms with van der Waals surface area (Å²) in [5.74, 6) is 0.0625. The van der Waals surface area contributed by atoms with Crippen LogP contribution in [0.2, 0.25) is 0 Å². The van der Waals surface area contributed by atoms with Crippen LogP contribution in [0.3, 0.4) is 0 Å². The Kier molecular flexibility index (Phi) is 2.89. The van der Waals surface area contributed by atoms with Crippen LogP contribution in [0, 0.1) is 12.3 Å². The molecule has 0 rings (SSSR count). The van der Waals surface area contributed by atoms with Gasteiger partial charge in [-0.15, -0.1) is 0 Å². The molecule has 0 bridgehead atoms. The summed E-state index contributed by atoms with van der Waals surface area (Å²) in [7, 11) is 0. The van der Waals surface area contributed by atoms with Gasteiger partial charge in [0.25, 0.3) is 0 Å². The fourth-order valence-electron chi connectivity index (χ4n) is 0.644. The van der Waals surface area contributed by atoms with Crippen molar-refractivity contribution in [3.05, 3.63) is 6.92 Å². The standard InChI is InChI=1S/C8H15O/c1-5-8(4,6-2)7(3)9/h3,5-6H2,1-2,4H3. The predicted octanol–water partition coefficient (Wildman–Crippen LogP) is 2.22. The molecule has 1 nitrogen and oxygen atoms in total. The number of hydrogen-bond acceptors (Lipinski definition) is 1. The van der Waals surface area contributed by atoms with E-state index in [1.807, 2.05) is 20.8 Å². The van der Waals surface area contributed by atoms with Gasteiger partial charge >= 0.3 is 0 Å². The van der Waals surface area contributed by atoms with Crippen molar-refractivity contribution < 1.29 is 4.79 Å². The summed E-state index contributed by atoms with van der Waals surface area (Å²) in [6, 6.07) is 0. The van der Waals surface area contributed by atoms with Gasteiger partial charge in [-0.25, -0.2) is 0 Å². The maximum Gasteiger partial charge on any atom is 0.139 e. The first-order valence-corrected chi connectivity index (χ1v) is 3.43. The second-order valence-corrected chi connectivity index (χ2v) is 2.69. The smallest absolute Gasteiger partial charge is 0.139 e. The lowest BCUT2D eigenvalue weighted by Gasteiger charge is -2.21. The van der Waals surface area contributed by atoms with E-state index in [9.17, 15) is 4.79 Å². The van der Waals surface area contributed by atoms with Crippen molar-refractivity contribution in [2.75, 3.05) is 0 Å². The van der Waals surface area contributed by atoms with Crippen molar-refractivity contribution in [3.63, 3.8) is 0 Å². The molecule has 0 aliphatic rings. The van der Waals surface area contributed by atoms with Gasteiger partial charge in [0.2, 0.25) is 0 Å². The molecule has 0 aliphatic carbocycles. The fraction of sp³-hybridized carbons (Fsp3) is 0.750. The normalized spacial score (nSPS) is 11.6. The minimum atomic E-state index is -0.167. The van der Waals surface area contributed by atoms with Gasteiger partial charge in [-0.3, -0.25) is 4.79 Å². The number of hydrogen-bond donors (Lipinski definition) is 0. The van der Waals surface area contributed by atoms with Crippen molar-refractivity contribution in [2.24, 2.45) is 5.41 Å². The van der Waals surface area contributed by atoms with Gasteiger partial charge in [0, 0.05) is 12.3 Å². The Labute approximate surface area is 57.5 Å². The molecular weight excluding hydrogens is 112 g/mol. The molecule has 0 unspecified atom stereocenters. The number of ketones is 1. The summed E-state index contributed by atoms with van der Waals surface area (Å²) in [4.78, 5) is 10.8. The molecule has 0 aliphatic heterocycles. The van der Waals surface area contributed by atoms with Gasteiger partial charge in [0.05, 0.1) is 0 Å². The van der Waals surface area contributed by atoms with Gasteiger partial charge < -0.3 is 0 Å². The third-order valence-corrected chi connectivity index (χ3v) is 2.23. The third-order valence-electron chi connectivity index (χ3n) is 2.23. The van der Waals surface area contributed by atoms with E-state index in [-0.39, 0.29) is 11.2 Å². The van der Waals surface area contributed by atoms with E-state index in [4.69, 9.17) is 0 Å². The monoisotopic (exact) mass is 127 g/mol. The van der Waals surface area contributed by atoms with Crippen LogP contribution in [0.25, 0.3) is 0 Å². The number of carbonyl (C=O) groups is 1. The third kappa shape index (κ3) is 1.81. The summed E-state index contributed by atoms with van der Waals surface area (Å²) in [6.07, 6.45) is 1.79. The molecule has 0 aromatic heterocycles. The lowest BCUT2D eigenvalue weighted by Crippen LogP contribution is -2.23. The van der Waals surface area contributed by atoms with Crippen molar-refractivity contribution in [3.8, 4) is 0 Å². The molecule has 0 N–H and O–H groups in total. The molecule has 0 spiro atoms. The Morgan fingerprint density at radius 1 is 1.44 bits per heavy atom. The maximum absolute atomic E-state index is 10.8. The molecule has 1 heteroatoms. The molecule has 1 radical (unpaired) electrons. The van der Waals surface area contributed by atoms with Gasteiger partial charge in [-0.1, -0.05) is 20.8 Å². The number of carbonyl (C=O) groups excluding carboxylic acids is 1. The Bertz CT molecular complexity index is 101. The highest BCUT2D eigenvalue weighted by Crippen LogP contribution is 2.25. The fourth-order valence-corrected chi connectivity index (χ4v) is 0.644.